The minimum absolute atomic E-state index is 0.0772. The number of nitro groups is 1. The van der Waals surface area contributed by atoms with Gasteiger partial charge in [-0.2, -0.15) is 26.3 Å². The predicted octanol–water partition coefficient (Wildman–Crippen LogP) is 6.26. The summed E-state index contributed by atoms with van der Waals surface area (Å²) in [6.45, 7) is 2.63. The molecule has 0 radical (unpaired) electrons. The first-order chi connectivity index (χ1) is 21.3. The van der Waals surface area contributed by atoms with Gasteiger partial charge in [-0.3, -0.25) is 24.8 Å². The van der Waals surface area contributed by atoms with Crippen molar-refractivity contribution in [2.75, 3.05) is 38.1 Å². The van der Waals surface area contributed by atoms with E-state index in [0.717, 1.165) is 30.0 Å². The molecule has 1 aliphatic carbocycles. The lowest BCUT2D eigenvalue weighted by Gasteiger charge is -2.35. The average molecular weight is 640 g/mol. The van der Waals surface area contributed by atoms with E-state index in [0.29, 0.717) is 69.3 Å². The van der Waals surface area contributed by atoms with E-state index in [4.69, 9.17) is 4.74 Å². The molecule has 242 valence electrons. The molecule has 9 nitrogen and oxygen atoms in total. The summed E-state index contributed by atoms with van der Waals surface area (Å²) in [4.78, 5) is 31.1. The third-order valence-corrected chi connectivity index (χ3v) is 8.17. The fourth-order valence-electron chi connectivity index (χ4n) is 5.72. The highest BCUT2D eigenvalue weighted by molar-refractivity contribution is 5.79. The van der Waals surface area contributed by atoms with Crippen LogP contribution in [0.4, 0.5) is 37.7 Å². The van der Waals surface area contributed by atoms with Crippen molar-refractivity contribution < 1.29 is 40.8 Å². The molecule has 1 aromatic heterocycles. The fourth-order valence-corrected chi connectivity index (χ4v) is 5.72. The topological polar surface area (TPSA) is 101 Å². The summed E-state index contributed by atoms with van der Waals surface area (Å²) in [7, 11) is 0. The van der Waals surface area contributed by atoms with Crippen molar-refractivity contribution in [3.05, 3.63) is 75.5 Å². The SMILES string of the molecule is O=C(COC1CCC(Nc2ccc([N+](=O)[O-])c(C(F)(F)F)c2)CC1)N1CCN(Cc2ccc3cc(C(F)(F)F)ccc3n2)CC1. The van der Waals surface area contributed by atoms with Gasteiger partial charge in [0.25, 0.3) is 5.69 Å². The van der Waals surface area contributed by atoms with Gasteiger partial charge in [0, 0.05) is 55.9 Å². The first-order valence-corrected chi connectivity index (χ1v) is 14.5. The van der Waals surface area contributed by atoms with Crippen molar-refractivity contribution in [2.45, 2.75) is 56.7 Å². The fraction of sp³-hybridized carbons (Fsp3) is 0.467. The number of rotatable bonds is 8. The number of hydrogen-bond acceptors (Lipinski definition) is 7. The number of pyridine rings is 1. The zero-order valence-corrected chi connectivity index (χ0v) is 24.0. The molecule has 2 aromatic carbocycles. The summed E-state index contributed by atoms with van der Waals surface area (Å²) in [6.07, 6.45) is -7.02. The molecule has 0 spiro atoms. The minimum atomic E-state index is -4.85. The van der Waals surface area contributed by atoms with Crippen LogP contribution < -0.4 is 5.32 Å². The number of benzene rings is 2. The number of carbonyl (C=O) groups excluding carboxylic acids is 1. The van der Waals surface area contributed by atoms with Gasteiger partial charge in [-0.05, 0) is 62.1 Å². The Morgan fingerprint density at radius 3 is 2.29 bits per heavy atom. The smallest absolute Gasteiger partial charge is 0.382 e. The second-order valence-electron chi connectivity index (χ2n) is 11.3. The Kier molecular flexibility index (Phi) is 9.49. The first kappa shape index (κ1) is 32.4. The Morgan fingerprint density at radius 2 is 1.64 bits per heavy atom. The van der Waals surface area contributed by atoms with Gasteiger partial charge in [-0.25, -0.2) is 0 Å². The van der Waals surface area contributed by atoms with Crippen molar-refractivity contribution in [2.24, 2.45) is 0 Å². The molecule has 1 N–H and O–H groups in total. The molecular weight excluding hydrogens is 608 g/mol. The van der Waals surface area contributed by atoms with Crippen molar-refractivity contribution in [3.63, 3.8) is 0 Å². The van der Waals surface area contributed by atoms with E-state index in [1.807, 2.05) is 0 Å². The van der Waals surface area contributed by atoms with E-state index in [9.17, 15) is 41.3 Å². The number of nitrogens with zero attached hydrogens (tertiary/aromatic N) is 4. The number of hydrogen-bond donors (Lipinski definition) is 1. The molecule has 45 heavy (non-hydrogen) atoms. The van der Waals surface area contributed by atoms with Crippen LogP contribution in [0.25, 0.3) is 10.9 Å². The number of alkyl halides is 6. The summed E-state index contributed by atoms with van der Waals surface area (Å²) in [5.74, 6) is -0.134. The highest BCUT2D eigenvalue weighted by Crippen LogP contribution is 2.38. The van der Waals surface area contributed by atoms with E-state index in [2.05, 4.69) is 15.2 Å². The van der Waals surface area contributed by atoms with E-state index in [1.54, 1.807) is 17.0 Å². The molecule has 15 heteroatoms. The molecule has 5 rings (SSSR count). The zero-order chi connectivity index (χ0) is 32.4. The lowest BCUT2D eigenvalue weighted by molar-refractivity contribution is -0.388. The van der Waals surface area contributed by atoms with Crippen LogP contribution in [-0.4, -0.2) is 70.5 Å². The minimum Gasteiger partial charge on any atom is -0.382 e. The molecule has 2 fully saturated rings. The van der Waals surface area contributed by atoms with Gasteiger partial charge in [0.05, 0.1) is 27.8 Å². The molecule has 0 bridgehead atoms. The Balaban J connectivity index is 1.03. The number of nitrogens with one attached hydrogen (secondary N) is 1. The van der Waals surface area contributed by atoms with E-state index >= 15 is 0 Å². The number of carbonyl (C=O) groups is 1. The molecule has 3 aromatic rings. The maximum absolute atomic E-state index is 13.3. The second-order valence-corrected chi connectivity index (χ2v) is 11.3. The van der Waals surface area contributed by atoms with Crippen LogP contribution in [0.15, 0.2) is 48.5 Å². The zero-order valence-electron chi connectivity index (χ0n) is 24.0. The quantitative estimate of drug-likeness (QED) is 0.176. The third-order valence-electron chi connectivity index (χ3n) is 8.17. The molecule has 2 heterocycles. The first-order valence-electron chi connectivity index (χ1n) is 14.5. The van der Waals surface area contributed by atoms with Gasteiger partial charge in [0.2, 0.25) is 5.91 Å². The number of anilines is 1. The van der Waals surface area contributed by atoms with Crippen LogP contribution in [0.2, 0.25) is 0 Å². The second kappa shape index (κ2) is 13.2. The molecule has 0 unspecified atom stereocenters. The number of piperazine rings is 1. The van der Waals surface area contributed by atoms with Crippen molar-refractivity contribution in [1.82, 2.24) is 14.8 Å². The summed E-state index contributed by atoms with van der Waals surface area (Å²) in [5, 5.41) is 14.4. The lowest BCUT2D eigenvalue weighted by atomic mass is 9.92. The van der Waals surface area contributed by atoms with Crippen LogP contribution >= 0.6 is 0 Å². The summed E-state index contributed by atoms with van der Waals surface area (Å²) >= 11 is 0. The van der Waals surface area contributed by atoms with Gasteiger partial charge in [0.1, 0.15) is 12.2 Å². The van der Waals surface area contributed by atoms with Crippen LogP contribution in [0.3, 0.4) is 0 Å². The molecule has 1 aliphatic heterocycles. The normalized spacial score (nSPS) is 19.9. The van der Waals surface area contributed by atoms with Crippen LogP contribution in [0.1, 0.15) is 42.5 Å². The molecule has 0 atom stereocenters. The Labute approximate surface area is 254 Å². The van der Waals surface area contributed by atoms with E-state index < -0.39 is 34.1 Å². The van der Waals surface area contributed by atoms with Crippen molar-refractivity contribution >= 4 is 28.2 Å². The van der Waals surface area contributed by atoms with E-state index in [1.165, 1.54) is 12.1 Å². The molecule has 2 aliphatic rings. The number of aromatic nitrogens is 1. The Morgan fingerprint density at radius 1 is 0.933 bits per heavy atom. The molecule has 1 saturated carbocycles. The van der Waals surface area contributed by atoms with Gasteiger partial charge in [-0.1, -0.05) is 6.07 Å². The third kappa shape index (κ3) is 8.19. The summed E-state index contributed by atoms with van der Waals surface area (Å²) < 4.78 is 84.6. The monoisotopic (exact) mass is 639 g/mol. The number of nitro benzene ring substituents is 1. The number of halogens is 6. The summed E-state index contributed by atoms with van der Waals surface area (Å²) in [5.41, 5.74) is -1.65. The standard InChI is InChI=1S/C30H31F6N5O4/c31-29(32,33)20-2-9-26-19(15-20)1-3-23(38-26)17-39-11-13-40(14-12-39)28(42)18-45-24-7-4-21(5-8-24)37-22-6-10-27(41(43)44)25(16-22)30(34,35)36/h1-3,6,9-10,15-16,21,24,37H,4-5,7-8,11-14,17-18H2. The predicted molar refractivity (Wildman–Crippen MR) is 152 cm³/mol. The Hall–Kier alpha value is -3.98. The van der Waals surface area contributed by atoms with E-state index in [-0.39, 0.29) is 30.3 Å². The van der Waals surface area contributed by atoms with Crippen LogP contribution in [0, 0.1) is 10.1 Å². The van der Waals surface area contributed by atoms with Gasteiger partial charge in [0.15, 0.2) is 0 Å². The highest BCUT2D eigenvalue weighted by Gasteiger charge is 2.38. The maximum Gasteiger partial charge on any atom is 0.423 e. The number of fused-ring (bicyclic) bond motifs is 1. The van der Waals surface area contributed by atoms with Crippen LogP contribution in [0.5, 0.6) is 0 Å². The number of amides is 1. The lowest BCUT2D eigenvalue weighted by Crippen LogP contribution is -2.49. The largest absolute Gasteiger partial charge is 0.423 e. The average Bonchev–Trinajstić information content (AvgIpc) is 2.99. The Bertz CT molecular complexity index is 1530. The molecule has 1 amide bonds. The number of ether oxygens (including phenoxy) is 1. The summed E-state index contributed by atoms with van der Waals surface area (Å²) in [6, 6.07) is 9.56. The van der Waals surface area contributed by atoms with Crippen molar-refractivity contribution in [1.29, 1.82) is 0 Å². The molecule has 1 saturated heterocycles. The van der Waals surface area contributed by atoms with Gasteiger partial charge in [-0.15, -0.1) is 0 Å². The van der Waals surface area contributed by atoms with Gasteiger partial charge >= 0.3 is 12.4 Å². The highest BCUT2D eigenvalue weighted by atomic mass is 19.4. The maximum atomic E-state index is 13.3. The van der Waals surface area contributed by atoms with Crippen molar-refractivity contribution in [3.8, 4) is 0 Å². The van der Waals surface area contributed by atoms with Crippen LogP contribution in [-0.2, 0) is 28.4 Å². The van der Waals surface area contributed by atoms with Gasteiger partial charge < -0.3 is 15.0 Å². The molecular formula is C30H31F6N5O4.